The molecule has 1 atom stereocenters. The number of ether oxygens (including phenoxy) is 2. The van der Waals surface area contributed by atoms with Gasteiger partial charge in [-0.15, -0.1) is 11.3 Å². The van der Waals surface area contributed by atoms with Crippen molar-refractivity contribution in [3.63, 3.8) is 0 Å². The van der Waals surface area contributed by atoms with E-state index in [1.165, 1.54) is 4.88 Å². The van der Waals surface area contributed by atoms with Crippen LogP contribution < -0.4 is 14.8 Å². The lowest BCUT2D eigenvalue weighted by molar-refractivity contribution is 0.379. The molecule has 3 nitrogen and oxygen atoms in total. The van der Waals surface area contributed by atoms with E-state index in [0.717, 1.165) is 21.5 Å². The molecule has 0 spiro atoms. The van der Waals surface area contributed by atoms with Gasteiger partial charge >= 0.3 is 0 Å². The maximum Gasteiger partial charge on any atom is 0.127 e. The van der Waals surface area contributed by atoms with Crippen molar-refractivity contribution in [3.8, 4) is 11.5 Å². The molecule has 0 bridgehead atoms. The molecule has 0 saturated heterocycles. The van der Waals surface area contributed by atoms with Crippen LogP contribution in [0.4, 0.5) is 0 Å². The van der Waals surface area contributed by atoms with Gasteiger partial charge in [-0.2, -0.15) is 0 Å². The molecule has 0 radical (unpaired) electrons. The molecule has 0 fully saturated rings. The summed E-state index contributed by atoms with van der Waals surface area (Å²) in [6.45, 7) is 0. The Bertz CT molecular complexity index is 534. The second-order valence-electron chi connectivity index (χ2n) is 3.97. The summed E-state index contributed by atoms with van der Waals surface area (Å²) in [5.74, 6) is 1.64. The molecule has 1 aromatic heterocycles. The molecular formula is C14H16BrNO2S. The highest BCUT2D eigenvalue weighted by atomic mass is 79.9. The van der Waals surface area contributed by atoms with Crippen LogP contribution >= 0.6 is 27.3 Å². The van der Waals surface area contributed by atoms with Crippen LogP contribution in [0.1, 0.15) is 16.5 Å². The number of methoxy groups -OCH3 is 2. The lowest BCUT2D eigenvalue weighted by atomic mass is 10.0. The molecule has 2 aromatic rings. The Hall–Kier alpha value is -1.04. The molecule has 102 valence electrons. The van der Waals surface area contributed by atoms with Crippen molar-refractivity contribution in [3.05, 3.63) is 44.6 Å². The molecule has 1 heterocycles. The zero-order valence-electron chi connectivity index (χ0n) is 11.1. The van der Waals surface area contributed by atoms with Gasteiger partial charge < -0.3 is 14.8 Å². The molecule has 1 N–H and O–H groups in total. The van der Waals surface area contributed by atoms with E-state index in [1.807, 2.05) is 25.2 Å². The molecule has 1 aromatic carbocycles. The molecule has 0 saturated carbocycles. The number of nitrogens with one attached hydrogen (secondary N) is 1. The smallest absolute Gasteiger partial charge is 0.127 e. The van der Waals surface area contributed by atoms with E-state index >= 15 is 0 Å². The van der Waals surface area contributed by atoms with Crippen LogP contribution in [0.25, 0.3) is 0 Å². The predicted molar refractivity (Wildman–Crippen MR) is 82.5 cm³/mol. The van der Waals surface area contributed by atoms with Crippen molar-refractivity contribution < 1.29 is 9.47 Å². The maximum atomic E-state index is 5.47. The number of thiophene rings is 1. The first kappa shape index (κ1) is 14.4. The van der Waals surface area contributed by atoms with Gasteiger partial charge in [-0.1, -0.05) is 6.07 Å². The fourth-order valence-electron chi connectivity index (χ4n) is 2.07. The first-order valence-corrected chi connectivity index (χ1v) is 7.50. The highest BCUT2D eigenvalue weighted by Gasteiger charge is 2.22. The van der Waals surface area contributed by atoms with E-state index in [0.29, 0.717) is 0 Å². The van der Waals surface area contributed by atoms with Crippen molar-refractivity contribution in [2.75, 3.05) is 21.3 Å². The molecule has 0 aliphatic heterocycles. The number of benzene rings is 1. The van der Waals surface area contributed by atoms with Crippen molar-refractivity contribution in [2.45, 2.75) is 6.04 Å². The molecule has 0 aliphatic rings. The van der Waals surface area contributed by atoms with E-state index in [1.54, 1.807) is 25.6 Å². The van der Waals surface area contributed by atoms with Crippen LogP contribution in [-0.2, 0) is 0 Å². The Morgan fingerprint density at radius 1 is 1.21 bits per heavy atom. The zero-order chi connectivity index (χ0) is 13.8. The summed E-state index contributed by atoms with van der Waals surface area (Å²) >= 11 is 5.19. The van der Waals surface area contributed by atoms with Crippen LogP contribution in [-0.4, -0.2) is 21.3 Å². The molecule has 0 amide bonds. The monoisotopic (exact) mass is 341 g/mol. The molecule has 19 heavy (non-hydrogen) atoms. The van der Waals surface area contributed by atoms with Crippen molar-refractivity contribution >= 4 is 27.3 Å². The van der Waals surface area contributed by atoms with Gasteiger partial charge in [-0.05, 0) is 41.2 Å². The zero-order valence-corrected chi connectivity index (χ0v) is 13.5. The topological polar surface area (TPSA) is 30.5 Å². The van der Waals surface area contributed by atoms with Crippen molar-refractivity contribution in [1.82, 2.24) is 5.32 Å². The molecule has 5 heteroatoms. The first-order chi connectivity index (χ1) is 9.21. The van der Waals surface area contributed by atoms with E-state index in [9.17, 15) is 0 Å². The third kappa shape index (κ3) is 2.94. The van der Waals surface area contributed by atoms with Crippen LogP contribution in [0, 0.1) is 0 Å². The minimum atomic E-state index is 0.0439. The van der Waals surface area contributed by atoms with Gasteiger partial charge in [0.05, 0.1) is 25.8 Å². The van der Waals surface area contributed by atoms with Gasteiger partial charge in [-0.25, -0.2) is 0 Å². The Morgan fingerprint density at radius 2 is 1.84 bits per heavy atom. The molecule has 1 unspecified atom stereocenters. The molecule has 2 rings (SSSR count). The second-order valence-corrected chi connectivity index (χ2v) is 5.82. The van der Waals surface area contributed by atoms with Gasteiger partial charge in [0.15, 0.2) is 0 Å². The summed E-state index contributed by atoms with van der Waals surface area (Å²) in [6.07, 6.45) is 0. The van der Waals surface area contributed by atoms with Crippen molar-refractivity contribution in [1.29, 1.82) is 0 Å². The lowest BCUT2D eigenvalue weighted by Crippen LogP contribution is -2.18. The quantitative estimate of drug-likeness (QED) is 0.896. The summed E-state index contributed by atoms with van der Waals surface area (Å²) in [6, 6.07) is 7.98. The summed E-state index contributed by atoms with van der Waals surface area (Å²) < 4.78 is 12.0. The van der Waals surface area contributed by atoms with E-state index in [2.05, 4.69) is 32.7 Å². The fourth-order valence-corrected chi connectivity index (χ4v) is 3.63. The summed E-state index contributed by atoms with van der Waals surface area (Å²) in [4.78, 5) is 1.21. The Kier molecular flexibility index (Phi) is 4.85. The van der Waals surface area contributed by atoms with Crippen molar-refractivity contribution in [2.24, 2.45) is 0 Å². The Morgan fingerprint density at radius 3 is 2.26 bits per heavy atom. The van der Waals surface area contributed by atoms with E-state index < -0.39 is 0 Å². The molecular weight excluding hydrogens is 326 g/mol. The summed E-state index contributed by atoms with van der Waals surface area (Å²) in [5.41, 5.74) is 1.02. The van der Waals surface area contributed by atoms with Gasteiger partial charge in [0.2, 0.25) is 0 Å². The van der Waals surface area contributed by atoms with Gasteiger partial charge in [0.25, 0.3) is 0 Å². The third-order valence-electron chi connectivity index (χ3n) is 2.92. The number of hydrogen-bond acceptors (Lipinski definition) is 4. The summed E-state index contributed by atoms with van der Waals surface area (Å²) in [7, 11) is 5.29. The fraction of sp³-hybridized carbons (Fsp3) is 0.286. The minimum Gasteiger partial charge on any atom is -0.496 e. The third-order valence-corrected chi connectivity index (χ3v) is 4.67. The number of halogens is 1. The van der Waals surface area contributed by atoms with Crippen LogP contribution in [0.2, 0.25) is 0 Å². The van der Waals surface area contributed by atoms with Gasteiger partial charge in [-0.3, -0.25) is 0 Å². The largest absolute Gasteiger partial charge is 0.496 e. The normalized spacial score (nSPS) is 12.2. The average Bonchev–Trinajstić information content (AvgIpc) is 2.86. The van der Waals surface area contributed by atoms with Gasteiger partial charge in [0, 0.05) is 14.7 Å². The maximum absolute atomic E-state index is 5.47. The lowest BCUT2D eigenvalue weighted by Gasteiger charge is -2.20. The van der Waals surface area contributed by atoms with Crippen LogP contribution in [0.3, 0.4) is 0 Å². The minimum absolute atomic E-state index is 0.0439. The highest BCUT2D eigenvalue weighted by Crippen LogP contribution is 2.39. The van der Waals surface area contributed by atoms with E-state index in [4.69, 9.17) is 9.47 Å². The SMILES string of the molecule is CNC(c1cc(Br)cs1)c1c(OC)cccc1OC. The second kappa shape index (κ2) is 6.41. The number of hydrogen-bond donors (Lipinski definition) is 1. The predicted octanol–water partition coefficient (Wildman–Crippen LogP) is 3.84. The Labute approximate surface area is 125 Å². The standard InChI is InChI=1S/C14H16BrNO2S/c1-16-14(12-7-9(15)8-19-12)13-10(17-2)5-4-6-11(13)18-3/h4-8,14,16H,1-3H3. The summed E-state index contributed by atoms with van der Waals surface area (Å²) in [5, 5.41) is 5.40. The van der Waals surface area contributed by atoms with E-state index in [-0.39, 0.29) is 6.04 Å². The average molecular weight is 342 g/mol. The number of rotatable bonds is 5. The van der Waals surface area contributed by atoms with Crippen LogP contribution in [0.15, 0.2) is 34.1 Å². The first-order valence-electron chi connectivity index (χ1n) is 5.83. The van der Waals surface area contributed by atoms with Gasteiger partial charge in [0.1, 0.15) is 11.5 Å². The Balaban J connectivity index is 2.53. The molecule has 0 aliphatic carbocycles. The van der Waals surface area contributed by atoms with Crippen LogP contribution in [0.5, 0.6) is 11.5 Å². The highest BCUT2D eigenvalue weighted by molar-refractivity contribution is 9.10.